The molecule has 0 radical (unpaired) electrons. The van der Waals surface area contributed by atoms with E-state index in [1.54, 1.807) is 0 Å². The molecule has 0 aromatic rings. The van der Waals surface area contributed by atoms with Gasteiger partial charge in [-0.2, -0.15) is 0 Å². The number of nitrogens with zero attached hydrogens (tertiary/aromatic N) is 1. The van der Waals surface area contributed by atoms with Gasteiger partial charge in [0.2, 0.25) is 5.91 Å². The van der Waals surface area contributed by atoms with Crippen LogP contribution in [0.4, 0.5) is 0 Å². The SMILES string of the molecule is NC(=O)CCCN=C1NC2CCCC2CS1. The molecule has 16 heavy (non-hydrogen) atoms. The Hall–Kier alpha value is -0.710. The van der Waals surface area contributed by atoms with Crippen LogP contribution in [0.15, 0.2) is 4.99 Å². The normalized spacial score (nSPS) is 31.1. The molecular weight excluding hydrogens is 222 g/mol. The lowest BCUT2D eigenvalue weighted by molar-refractivity contribution is -0.118. The number of nitrogens with two attached hydrogens (primary N) is 1. The van der Waals surface area contributed by atoms with E-state index in [9.17, 15) is 4.79 Å². The van der Waals surface area contributed by atoms with E-state index in [1.807, 2.05) is 11.8 Å². The Kier molecular flexibility index (Phi) is 4.09. The number of carbonyl (C=O) groups is 1. The van der Waals surface area contributed by atoms with Gasteiger partial charge in [0.25, 0.3) is 0 Å². The first kappa shape index (κ1) is 11.8. The van der Waals surface area contributed by atoms with E-state index >= 15 is 0 Å². The van der Waals surface area contributed by atoms with Gasteiger partial charge in [-0.3, -0.25) is 9.79 Å². The van der Waals surface area contributed by atoms with Crippen LogP contribution in [0, 0.1) is 5.92 Å². The van der Waals surface area contributed by atoms with Gasteiger partial charge in [0.05, 0.1) is 0 Å². The van der Waals surface area contributed by atoms with Crippen molar-refractivity contribution < 1.29 is 4.79 Å². The number of primary amides is 1. The zero-order valence-electron chi connectivity index (χ0n) is 9.45. The maximum Gasteiger partial charge on any atom is 0.217 e. The summed E-state index contributed by atoms with van der Waals surface area (Å²) in [7, 11) is 0. The van der Waals surface area contributed by atoms with E-state index in [0.717, 1.165) is 17.5 Å². The molecule has 90 valence electrons. The zero-order valence-corrected chi connectivity index (χ0v) is 10.3. The van der Waals surface area contributed by atoms with Gasteiger partial charge < -0.3 is 11.1 Å². The topological polar surface area (TPSA) is 67.5 Å². The first-order valence-corrected chi connectivity index (χ1v) is 6.96. The third kappa shape index (κ3) is 3.14. The molecule has 2 rings (SSSR count). The second-order valence-electron chi connectivity index (χ2n) is 4.51. The molecule has 2 atom stereocenters. The molecule has 1 aliphatic heterocycles. The van der Waals surface area contributed by atoms with Gasteiger partial charge in [0.1, 0.15) is 0 Å². The number of amidine groups is 1. The minimum Gasteiger partial charge on any atom is -0.370 e. The van der Waals surface area contributed by atoms with Gasteiger partial charge in [-0.15, -0.1) is 0 Å². The molecule has 2 aliphatic rings. The number of hydrogen-bond donors (Lipinski definition) is 2. The summed E-state index contributed by atoms with van der Waals surface area (Å²) in [4.78, 5) is 15.0. The van der Waals surface area contributed by atoms with E-state index in [4.69, 9.17) is 5.73 Å². The quantitative estimate of drug-likeness (QED) is 0.725. The van der Waals surface area contributed by atoms with Crippen LogP contribution in [-0.4, -0.2) is 29.4 Å². The fourth-order valence-electron chi connectivity index (χ4n) is 2.34. The number of amides is 1. The molecule has 3 N–H and O–H groups in total. The van der Waals surface area contributed by atoms with Gasteiger partial charge in [-0.1, -0.05) is 18.2 Å². The van der Waals surface area contributed by atoms with Crippen molar-refractivity contribution in [3.63, 3.8) is 0 Å². The summed E-state index contributed by atoms with van der Waals surface area (Å²) in [6.45, 7) is 0.704. The van der Waals surface area contributed by atoms with E-state index < -0.39 is 0 Å². The average Bonchev–Trinajstić information content (AvgIpc) is 2.71. The van der Waals surface area contributed by atoms with Gasteiger partial charge in [0.15, 0.2) is 5.17 Å². The monoisotopic (exact) mass is 241 g/mol. The van der Waals surface area contributed by atoms with Crippen molar-refractivity contribution in [3.8, 4) is 0 Å². The molecule has 0 aromatic heterocycles. The standard InChI is InChI=1S/C11H19N3OS/c12-10(15)5-2-6-13-11-14-9-4-1-3-8(9)7-16-11/h8-9H,1-7H2,(H2,12,15)(H,13,14). The molecular formula is C11H19N3OS. The van der Waals surface area contributed by atoms with Crippen LogP contribution in [0.2, 0.25) is 0 Å². The minimum absolute atomic E-state index is 0.236. The number of carbonyl (C=O) groups excluding carboxylic acids is 1. The Balaban J connectivity index is 1.73. The Morgan fingerprint density at radius 2 is 2.44 bits per heavy atom. The second-order valence-corrected chi connectivity index (χ2v) is 5.52. The van der Waals surface area contributed by atoms with E-state index in [-0.39, 0.29) is 5.91 Å². The Bertz CT molecular complexity index is 293. The van der Waals surface area contributed by atoms with Crippen LogP contribution in [0.5, 0.6) is 0 Å². The first-order valence-electron chi connectivity index (χ1n) is 5.98. The predicted molar refractivity (Wildman–Crippen MR) is 67.5 cm³/mol. The lowest BCUT2D eigenvalue weighted by atomic mass is 10.1. The van der Waals surface area contributed by atoms with Crippen LogP contribution < -0.4 is 11.1 Å². The fourth-order valence-corrected chi connectivity index (χ4v) is 3.53. The van der Waals surface area contributed by atoms with Crippen molar-refractivity contribution in [2.75, 3.05) is 12.3 Å². The van der Waals surface area contributed by atoms with E-state index in [1.165, 1.54) is 25.0 Å². The molecule has 0 aromatic carbocycles. The van der Waals surface area contributed by atoms with Crippen molar-refractivity contribution in [1.82, 2.24) is 5.32 Å². The number of nitrogens with one attached hydrogen (secondary N) is 1. The fraction of sp³-hybridized carbons (Fsp3) is 0.818. The number of rotatable bonds is 4. The molecule has 1 heterocycles. The molecule has 5 heteroatoms. The minimum atomic E-state index is -0.236. The number of hydrogen-bond acceptors (Lipinski definition) is 3. The van der Waals surface area contributed by atoms with Crippen LogP contribution in [-0.2, 0) is 4.79 Å². The predicted octanol–water partition coefficient (Wildman–Crippen LogP) is 1.11. The van der Waals surface area contributed by atoms with Crippen LogP contribution in [0.25, 0.3) is 0 Å². The Morgan fingerprint density at radius 3 is 3.25 bits per heavy atom. The van der Waals surface area contributed by atoms with Crippen LogP contribution in [0.3, 0.4) is 0 Å². The van der Waals surface area contributed by atoms with E-state index in [2.05, 4.69) is 10.3 Å². The molecule has 4 nitrogen and oxygen atoms in total. The second kappa shape index (κ2) is 5.57. The summed E-state index contributed by atoms with van der Waals surface area (Å²) >= 11 is 1.82. The number of thioether (sulfide) groups is 1. The molecule has 0 bridgehead atoms. The maximum atomic E-state index is 10.6. The molecule has 1 aliphatic carbocycles. The summed E-state index contributed by atoms with van der Waals surface area (Å²) in [6, 6.07) is 0.649. The van der Waals surface area contributed by atoms with Crippen molar-refractivity contribution in [2.24, 2.45) is 16.6 Å². The van der Waals surface area contributed by atoms with Crippen molar-refractivity contribution >= 4 is 22.8 Å². The van der Waals surface area contributed by atoms with Crippen LogP contribution in [0.1, 0.15) is 32.1 Å². The molecule has 2 unspecified atom stereocenters. The lowest BCUT2D eigenvalue weighted by Crippen LogP contribution is -2.41. The molecule has 2 fully saturated rings. The molecule has 0 spiro atoms. The summed E-state index contributed by atoms with van der Waals surface area (Å²) in [6.07, 6.45) is 5.19. The van der Waals surface area contributed by atoms with Crippen LogP contribution >= 0.6 is 11.8 Å². The summed E-state index contributed by atoms with van der Waals surface area (Å²) in [5.41, 5.74) is 5.07. The van der Waals surface area contributed by atoms with Gasteiger partial charge in [0, 0.05) is 24.8 Å². The molecule has 1 saturated carbocycles. The summed E-state index contributed by atoms with van der Waals surface area (Å²) in [5, 5.41) is 4.56. The number of aliphatic imine (C=N–C) groups is 1. The summed E-state index contributed by atoms with van der Waals surface area (Å²) < 4.78 is 0. The number of fused-ring (bicyclic) bond motifs is 1. The lowest BCUT2D eigenvalue weighted by Gasteiger charge is -2.28. The Morgan fingerprint density at radius 1 is 1.56 bits per heavy atom. The van der Waals surface area contributed by atoms with Gasteiger partial charge in [-0.25, -0.2) is 0 Å². The van der Waals surface area contributed by atoms with Crippen molar-refractivity contribution in [3.05, 3.63) is 0 Å². The van der Waals surface area contributed by atoms with E-state index in [0.29, 0.717) is 19.0 Å². The molecule has 1 saturated heterocycles. The summed E-state index contributed by atoms with van der Waals surface area (Å²) in [5.74, 6) is 1.81. The highest BCUT2D eigenvalue weighted by Gasteiger charge is 2.31. The average molecular weight is 241 g/mol. The Labute approximate surface area is 100 Å². The highest BCUT2D eigenvalue weighted by Crippen LogP contribution is 2.32. The first-order chi connectivity index (χ1) is 7.75. The largest absolute Gasteiger partial charge is 0.370 e. The van der Waals surface area contributed by atoms with Gasteiger partial charge >= 0.3 is 0 Å². The smallest absolute Gasteiger partial charge is 0.217 e. The highest BCUT2D eigenvalue weighted by molar-refractivity contribution is 8.13. The maximum absolute atomic E-state index is 10.6. The van der Waals surface area contributed by atoms with Gasteiger partial charge in [-0.05, 0) is 25.2 Å². The third-order valence-corrected chi connectivity index (χ3v) is 4.35. The van der Waals surface area contributed by atoms with Crippen molar-refractivity contribution in [1.29, 1.82) is 0 Å². The van der Waals surface area contributed by atoms with Crippen molar-refractivity contribution in [2.45, 2.75) is 38.1 Å². The third-order valence-electron chi connectivity index (χ3n) is 3.24. The highest BCUT2D eigenvalue weighted by atomic mass is 32.2. The zero-order chi connectivity index (χ0) is 11.4. The molecule has 1 amide bonds.